The fraction of sp³-hybridized carbons (Fsp3) is 0.333. The fourth-order valence-corrected chi connectivity index (χ4v) is 2.76. The van der Waals surface area contributed by atoms with Gasteiger partial charge in [0.2, 0.25) is 11.9 Å². The van der Waals surface area contributed by atoms with Gasteiger partial charge in [-0.15, -0.1) is 5.10 Å². The summed E-state index contributed by atoms with van der Waals surface area (Å²) in [6.07, 6.45) is 3.73. The molecule has 3 rings (SSSR count). The molecule has 0 aliphatic heterocycles. The van der Waals surface area contributed by atoms with Crippen LogP contribution in [0.3, 0.4) is 0 Å². The summed E-state index contributed by atoms with van der Waals surface area (Å²) in [5, 5.41) is 4.48. The topological polar surface area (TPSA) is 91.6 Å². The Balaban J connectivity index is 2.05. The lowest BCUT2D eigenvalue weighted by molar-refractivity contribution is -0.117. The number of benzene rings is 1. The molecule has 2 heterocycles. The lowest BCUT2D eigenvalue weighted by Gasteiger charge is -2.05. The molecule has 0 spiro atoms. The van der Waals surface area contributed by atoms with E-state index in [0.717, 1.165) is 23.3 Å². The number of amides is 1. The first-order valence-corrected chi connectivity index (χ1v) is 8.24. The van der Waals surface area contributed by atoms with Gasteiger partial charge < -0.3 is 10.3 Å². The van der Waals surface area contributed by atoms with Crippen molar-refractivity contribution in [3.8, 4) is 5.95 Å². The summed E-state index contributed by atoms with van der Waals surface area (Å²) in [5.41, 5.74) is 8.46. The Hall–Kier alpha value is -2.96. The molecular weight excluding hydrogens is 316 g/mol. The second kappa shape index (κ2) is 6.88. The van der Waals surface area contributed by atoms with Crippen LogP contribution in [0.5, 0.6) is 0 Å². The van der Waals surface area contributed by atoms with Gasteiger partial charge in [0, 0.05) is 13.5 Å². The molecule has 7 heteroatoms. The monoisotopic (exact) mass is 338 g/mol. The largest absolute Gasteiger partial charge is 0.369 e. The molecular formula is C18H22N6O. The summed E-state index contributed by atoms with van der Waals surface area (Å²) in [6, 6.07) is 7.90. The average molecular weight is 338 g/mol. The van der Waals surface area contributed by atoms with Crippen LogP contribution >= 0.6 is 0 Å². The quantitative estimate of drug-likeness (QED) is 0.697. The molecule has 0 aliphatic carbocycles. The molecule has 3 aromatic rings. The van der Waals surface area contributed by atoms with Crippen LogP contribution in [-0.2, 0) is 24.7 Å². The Bertz CT molecular complexity index is 946. The van der Waals surface area contributed by atoms with Crippen molar-refractivity contribution in [2.75, 3.05) is 0 Å². The minimum atomic E-state index is -0.446. The maximum absolute atomic E-state index is 11.2. The number of carbonyl (C=O) groups excluding carboxylic acids is 1. The Kier molecular flexibility index (Phi) is 4.65. The summed E-state index contributed by atoms with van der Waals surface area (Å²) < 4.78 is 3.69. The van der Waals surface area contributed by atoms with Crippen molar-refractivity contribution >= 4 is 16.9 Å². The van der Waals surface area contributed by atoms with Crippen LogP contribution in [0, 0.1) is 0 Å². The van der Waals surface area contributed by atoms with Crippen LogP contribution in [-0.4, -0.2) is 30.2 Å². The molecule has 0 saturated carbocycles. The summed E-state index contributed by atoms with van der Waals surface area (Å²) >= 11 is 0. The number of fused-ring (bicyclic) bond motifs is 1. The molecule has 2 aromatic heterocycles. The smallest absolute Gasteiger partial charge is 0.233 e. The summed E-state index contributed by atoms with van der Waals surface area (Å²) in [5.74, 6) is 1.42. The lowest BCUT2D eigenvalue weighted by Crippen LogP contribution is -2.15. The predicted octanol–water partition coefficient (Wildman–Crippen LogP) is 2.08. The van der Waals surface area contributed by atoms with Crippen molar-refractivity contribution in [2.24, 2.45) is 12.8 Å². The Morgan fingerprint density at radius 1 is 1.24 bits per heavy atom. The van der Waals surface area contributed by atoms with E-state index in [1.54, 1.807) is 4.68 Å². The number of primary amides is 1. The number of hydrogen-bond acceptors (Lipinski definition) is 4. The van der Waals surface area contributed by atoms with Gasteiger partial charge >= 0.3 is 0 Å². The third-order valence-corrected chi connectivity index (χ3v) is 3.92. The van der Waals surface area contributed by atoms with Crippen LogP contribution in [0.15, 0.2) is 35.9 Å². The Labute approximate surface area is 146 Å². The molecule has 2 N–H and O–H groups in total. The molecule has 130 valence electrons. The van der Waals surface area contributed by atoms with Crippen molar-refractivity contribution in [1.29, 1.82) is 0 Å². The van der Waals surface area contributed by atoms with Crippen LogP contribution in [0.1, 0.15) is 31.9 Å². The zero-order chi connectivity index (χ0) is 18.0. The number of nitrogens with two attached hydrogens (primary N) is 1. The average Bonchev–Trinajstić information content (AvgIpc) is 3.08. The molecule has 0 saturated heterocycles. The van der Waals surface area contributed by atoms with Crippen LogP contribution < -0.4 is 5.73 Å². The standard InChI is InChI=1S/C18H22N6O/c1-12(2)7-6-10-17-21-16(11-15(19)25)22-24(17)18-20-13-8-4-5-9-14(13)23(18)3/h4-5,7-9H,6,10-11H2,1-3H3,(H2,19,25). The van der Waals surface area contributed by atoms with E-state index in [4.69, 9.17) is 5.73 Å². The molecule has 0 aliphatic rings. The van der Waals surface area contributed by atoms with Gasteiger partial charge in [-0.1, -0.05) is 23.8 Å². The number of rotatable bonds is 6. The van der Waals surface area contributed by atoms with E-state index in [0.29, 0.717) is 18.2 Å². The number of imidazole rings is 1. The van der Waals surface area contributed by atoms with E-state index < -0.39 is 5.91 Å². The zero-order valence-electron chi connectivity index (χ0n) is 14.7. The normalized spacial score (nSPS) is 11.0. The number of carbonyl (C=O) groups is 1. The third kappa shape index (κ3) is 3.60. The van der Waals surface area contributed by atoms with Gasteiger partial charge in [0.05, 0.1) is 17.5 Å². The fourth-order valence-electron chi connectivity index (χ4n) is 2.76. The highest BCUT2D eigenvalue weighted by molar-refractivity contribution is 5.77. The third-order valence-electron chi connectivity index (χ3n) is 3.92. The minimum absolute atomic E-state index is 0.0204. The minimum Gasteiger partial charge on any atom is -0.369 e. The maximum Gasteiger partial charge on any atom is 0.233 e. The van der Waals surface area contributed by atoms with Gasteiger partial charge in [-0.2, -0.15) is 4.68 Å². The van der Waals surface area contributed by atoms with E-state index in [1.807, 2.05) is 35.9 Å². The number of hydrogen-bond donors (Lipinski definition) is 1. The molecule has 0 radical (unpaired) electrons. The van der Waals surface area contributed by atoms with E-state index in [9.17, 15) is 4.79 Å². The first-order valence-electron chi connectivity index (χ1n) is 8.24. The lowest BCUT2D eigenvalue weighted by atomic mass is 10.2. The summed E-state index contributed by atoms with van der Waals surface area (Å²) in [7, 11) is 1.94. The molecule has 0 fully saturated rings. The van der Waals surface area contributed by atoms with Gasteiger partial charge in [0.1, 0.15) is 5.82 Å². The van der Waals surface area contributed by atoms with Crippen LogP contribution in [0.4, 0.5) is 0 Å². The van der Waals surface area contributed by atoms with Crippen molar-refractivity contribution in [2.45, 2.75) is 33.1 Å². The van der Waals surface area contributed by atoms with E-state index in [1.165, 1.54) is 5.57 Å². The maximum atomic E-state index is 11.2. The SMILES string of the molecule is CC(C)=CCCc1nc(CC(N)=O)nn1-c1nc2ccccc2n1C. The van der Waals surface area contributed by atoms with Gasteiger partial charge in [0.15, 0.2) is 5.82 Å². The van der Waals surface area contributed by atoms with Crippen molar-refractivity contribution in [3.05, 3.63) is 47.6 Å². The molecule has 0 bridgehead atoms. The Morgan fingerprint density at radius 2 is 2.00 bits per heavy atom. The number of aromatic nitrogens is 5. The molecule has 0 unspecified atom stereocenters. The van der Waals surface area contributed by atoms with Crippen molar-refractivity contribution < 1.29 is 4.79 Å². The molecule has 25 heavy (non-hydrogen) atoms. The summed E-state index contributed by atoms with van der Waals surface area (Å²) in [6.45, 7) is 4.13. The summed E-state index contributed by atoms with van der Waals surface area (Å²) in [4.78, 5) is 20.4. The van der Waals surface area contributed by atoms with Crippen LogP contribution in [0.25, 0.3) is 17.0 Å². The Morgan fingerprint density at radius 3 is 2.68 bits per heavy atom. The predicted molar refractivity (Wildman–Crippen MR) is 96.3 cm³/mol. The number of allylic oxidation sites excluding steroid dienone is 2. The number of nitrogens with zero attached hydrogens (tertiary/aromatic N) is 5. The van der Waals surface area contributed by atoms with E-state index in [2.05, 4.69) is 35.0 Å². The second-order valence-corrected chi connectivity index (χ2v) is 6.28. The van der Waals surface area contributed by atoms with Crippen molar-refractivity contribution in [1.82, 2.24) is 24.3 Å². The van der Waals surface area contributed by atoms with Gasteiger partial charge in [-0.05, 0) is 32.4 Å². The molecule has 1 aromatic carbocycles. The molecule has 1 amide bonds. The van der Waals surface area contributed by atoms with Gasteiger partial charge in [-0.3, -0.25) is 4.79 Å². The number of para-hydroxylation sites is 2. The van der Waals surface area contributed by atoms with Gasteiger partial charge in [0.25, 0.3) is 0 Å². The van der Waals surface area contributed by atoms with Crippen molar-refractivity contribution in [3.63, 3.8) is 0 Å². The van der Waals surface area contributed by atoms with E-state index >= 15 is 0 Å². The highest BCUT2D eigenvalue weighted by Crippen LogP contribution is 2.18. The van der Waals surface area contributed by atoms with Gasteiger partial charge in [-0.25, -0.2) is 9.97 Å². The zero-order valence-corrected chi connectivity index (χ0v) is 14.7. The van der Waals surface area contributed by atoms with Crippen LogP contribution in [0.2, 0.25) is 0 Å². The highest BCUT2D eigenvalue weighted by atomic mass is 16.1. The molecule has 7 nitrogen and oxygen atoms in total. The highest BCUT2D eigenvalue weighted by Gasteiger charge is 2.17. The molecule has 0 atom stereocenters. The first kappa shape index (κ1) is 16.9. The first-order chi connectivity index (χ1) is 12.0. The van der Waals surface area contributed by atoms with E-state index in [-0.39, 0.29) is 6.42 Å². The second-order valence-electron chi connectivity index (χ2n) is 6.28. The number of aryl methyl sites for hydroxylation is 2.